The Balaban J connectivity index is 1.44. The molecule has 0 aliphatic heterocycles. The van der Waals surface area contributed by atoms with Crippen LogP contribution in [0.5, 0.6) is 0 Å². The van der Waals surface area contributed by atoms with Gasteiger partial charge in [0.05, 0.1) is 6.26 Å². The van der Waals surface area contributed by atoms with E-state index in [9.17, 15) is 0 Å². The topological polar surface area (TPSA) is 157 Å². The van der Waals surface area contributed by atoms with Gasteiger partial charge in [0.15, 0.2) is 11.6 Å². The molecule has 0 aliphatic rings. The van der Waals surface area contributed by atoms with Gasteiger partial charge in [-0.05, 0) is 29.8 Å². The first-order valence-electron chi connectivity index (χ1n) is 8.45. The Labute approximate surface area is 170 Å². The highest BCUT2D eigenvalue weighted by Crippen LogP contribution is 2.22. The van der Waals surface area contributed by atoms with E-state index in [1.165, 1.54) is 6.33 Å². The summed E-state index contributed by atoms with van der Waals surface area (Å²) in [5.41, 5.74) is 8.94. The molecule has 0 amide bonds. The molecule has 0 aliphatic carbocycles. The second-order valence-electron chi connectivity index (χ2n) is 5.81. The third-order valence-electron chi connectivity index (χ3n) is 3.85. The summed E-state index contributed by atoms with van der Waals surface area (Å²) in [5.74, 6) is 1.98. The molecule has 0 atom stereocenters. The minimum atomic E-state index is 0.351. The highest BCUT2D eigenvalue weighted by Gasteiger charge is 2.08. The Hall–Kier alpha value is -3.83. The van der Waals surface area contributed by atoms with Gasteiger partial charge in [-0.2, -0.15) is 10.1 Å². The zero-order valence-electron chi connectivity index (χ0n) is 15.0. The van der Waals surface area contributed by atoms with Crippen molar-refractivity contribution in [2.24, 2.45) is 10.9 Å². The monoisotopic (exact) mass is 407 g/mol. The zero-order valence-corrected chi connectivity index (χ0v) is 15.9. The van der Waals surface area contributed by atoms with Crippen LogP contribution in [-0.2, 0) is 0 Å². The number of rotatable bonds is 7. The number of hydrogen-bond acceptors (Lipinski definition) is 10. The van der Waals surface area contributed by atoms with Gasteiger partial charge in [0.1, 0.15) is 12.0 Å². The van der Waals surface area contributed by atoms with Crippen LogP contribution in [0.15, 0.2) is 64.9 Å². The van der Waals surface area contributed by atoms with Crippen LogP contribution in [0.2, 0.25) is 0 Å². The summed E-state index contributed by atoms with van der Waals surface area (Å²) in [6, 6.07) is 12.9. The van der Waals surface area contributed by atoms with Crippen molar-refractivity contribution in [3.8, 4) is 11.5 Å². The van der Waals surface area contributed by atoms with Crippen LogP contribution in [0.25, 0.3) is 17.2 Å². The van der Waals surface area contributed by atoms with Gasteiger partial charge in [-0.1, -0.05) is 24.1 Å². The number of nitrogens with two attached hydrogens (primary N) is 2. The Kier molecular flexibility index (Phi) is 5.40. The molecule has 0 fully saturated rings. The van der Waals surface area contributed by atoms with E-state index in [4.69, 9.17) is 15.3 Å². The molecular formula is C18H17N9OS. The number of hydrogen-bond donors (Lipinski definition) is 5. The van der Waals surface area contributed by atoms with E-state index in [1.807, 2.05) is 36.4 Å². The minimum absolute atomic E-state index is 0.351. The molecule has 0 saturated carbocycles. The minimum Gasteiger partial charge on any atom is -0.463 e. The first kappa shape index (κ1) is 18.5. The molecule has 3 aromatic heterocycles. The van der Waals surface area contributed by atoms with Crippen molar-refractivity contribution >= 4 is 41.0 Å². The predicted octanol–water partition coefficient (Wildman–Crippen LogP) is 3.21. The molecule has 0 saturated heterocycles. The lowest BCUT2D eigenvalue weighted by Gasteiger charge is -2.07. The number of benzene rings is 1. The van der Waals surface area contributed by atoms with E-state index in [0.29, 0.717) is 29.2 Å². The van der Waals surface area contributed by atoms with Gasteiger partial charge in [-0.15, -0.1) is 0 Å². The fourth-order valence-electron chi connectivity index (χ4n) is 2.49. The Morgan fingerprint density at radius 2 is 1.90 bits per heavy atom. The van der Waals surface area contributed by atoms with Crippen LogP contribution >= 0.6 is 11.9 Å². The normalized spacial score (nSPS) is 11.4. The zero-order chi connectivity index (χ0) is 20.1. The molecule has 4 aromatic rings. The fraction of sp³-hybridized carbons (Fsp3) is 0. The summed E-state index contributed by atoms with van der Waals surface area (Å²) in [5, 5.41) is 20.3. The maximum absolute atomic E-state index is 5.92. The van der Waals surface area contributed by atoms with Gasteiger partial charge in [0.2, 0.25) is 11.9 Å². The summed E-state index contributed by atoms with van der Waals surface area (Å²) >= 11 is 1.07. The van der Waals surface area contributed by atoms with E-state index in [1.54, 1.807) is 17.7 Å². The first-order chi connectivity index (χ1) is 14.2. The Morgan fingerprint density at radius 3 is 2.62 bits per heavy atom. The van der Waals surface area contributed by atoms with Crippen molar-refractivity contribution in [3.05, 3.63) is 66.0 Å². The van der Waals surface area contributed by atoms with Gasteiger partial charge >= 0.3 is 0 Å². The van der Waals surface area contributed by atoms with E-state index in [2.05, 4.69) is 35.8 Å². The van der Waals surface area contributed by atoms with Crippen LogP contribution in [-0.4, -0.2) is 25.1 Å². The standard InChI is InChI=1S/C18H17N9OS/c19-13(9-29-20)11-3-5-12(6-4-11)23-17-21-10-22-18(25-17)24-16-8-14(26-27-16)15-2-1-7-28-15/h1-10H,19-20H2,(H3,21,22,23,24,25,26,27)/b13-9-. The molecule has 0 spiro atoms. The number of aromatic amines is 1. The lowest BCUT2D eigenvalue weighted by Crippen LogP contribution is -2.03. The predicted molar refractivity (Wildman–Crippen MR) is 113 cm³/mol. The third-order valence-corrected chi connectivity index (χ3v) is 4.24. The lowest BCUT2D eigenvalue weighted by atomic mass is 10.1. The Bertz CT molecular complexity index is 1110. The van der Waals surface area contributed by atoms with Crippen LogP contribution in [0, 0.1) is 0 Å². The SMILES string of the molecule is NS/C=C(\N)c1ccc(Nc2ncnc(Nc3cc(-c4ccco4)[nH]n3)n2)cc1. The van der Waals surface area contributed by atoms with Gasteiger partial charge in [0.25, 0.3) is 0 Å². The van der Waals surface area contributed by atoms with Gasteiger partial charge in [-0.3, -0.25) is 10.2 Å². The molecular weight excluding hydrogens is 390 g/mol. The summed E-state index contributed by atoms with van der Waals surface area (Å²) in [6.07, 6.45) is 3.01. The van der Waals surface area contributed by atoms with Crippen LogP contribution in [0.4, 0.5) is 23.4 Å². The van der Waals surface area contributed by atoms with E-state index < -0.39 is 0 Å². The molecule has 0 bridgehead atoms. The van der Waals surface area contributed by atoms with E-state index >= 15 is 0 Å². The number of aromatic nitrogens is 5. The van der Waals surface area contributed by atoms with E-state index in [-0.39, 0.29) is 0 Å². The van der Waals surface area contributed by atoms with Crippen LogP contribution < -0.4 is 21.5 Å². The number of anilines is 4. The average molecular weight is 407 g/mol. The lowest BCUT2D eigenvalue weighted by molar-refractivity contribution is 0.580. The van der Waals surface area contributed by atoms with Crippen molar-refractivity contribution in [2.75, 3.05) is 10.6 Å². The molecule has 11 heteroatoms. The summed E-state index contributed by atoms with van der Waals surface area (Å²) in [4.78, 5) is 12.6. The maximum atomic E-state index is 5.92. The molecule has 7 N–H and O–H groups in total. The van der Waals surface area contributed by atoms with Crippen molar-refractivity contribution in [2.45, 2.75) is 0 Å². The van der Waals surface area contributed by atoms with Gasteiger partial charge in [-0.25, -0.2) is 9.97 Å². The Morgan fingerprint density at radius 1 is 1.10 bits per heavy atom. The smallest absolute Gasteiger partial charge is 0.233 e. The summed E-state index contributed by atoms with van der Waals surface area (Å²) in [7, 11) is 0. The number of H-pyrrole nitrogens is 1. The van der Waals surface area contributed by atoms with Crippen LogP contribution in [0.1, 0.15) is 5.56 Å². The van der Waals surface area contributed by atoms with Crippen molar-refractivity contribution in [1.29, 1.82) is 0 Å². The molecule has 146 valence electrons. The maximum Gasteiger partial charge on any atom is 0.233 e. The van der Waals surface area contributed by atoms with E-state index in [0.717, 1.165) is 28.9 Å². The van der Waals surface area contributed by atoms with Crippen molar-refractivity contribution in [3.63, 3.8) is 0 Å². The number of nitrogens with one attached hydrogen (secondary N) is 3. The molecule has 3 heterocycles. The fourth-order valence-corrected chi connectivity index (χ4v) is 2.77. The molecule has 10 nitrogen and oxygen atoms in total. The summed E-state index contributed by atoms with van der Waals surface area (Å²) < 4.78 is 5.34. The molecule has 4 rings (SSSR count). The molecule has 29 heavy (non-hydrogen) atoms. The third kappa shape index (κ3) is 4.54. The second kappa shape index (κ2) is 8.46. The molecule has 0 radical (unpaired) electrons. The highest BCUT2D eigenvalue weighted by molar-refractivity contribution is 8.00. The van der Waals surface area contributed by atoms with Crippen molar-refractivity contribution < 1.29 is 4.42 Å². The largest absolute Gasteiger partial charge is 0.463 e. The molecule has 1 aromatic carbocycles. The quantitative estimate of drug-likeness (QED) is 0.288. The summed E-state index contributed by atoms with van der Waals surface area (Å²) in [6.45, 7) is 0. The van der Waals surface area contributed by atoms with Gasteiger partial charge < -0.3 is 20.8 Å². The van der Waals surface area contributed by atoms with Gasteiger partial charge in [0, 0.05) is 22.9 Å². The highest BCUT2D eigenvalue weighted by atomic mass is 32.2. The molecule has 0 unspecified atom stereocenters. The van der Waals surface area contributed by atoms with Crippen molar-refractivity contribution in [1.82, 2.24) is 25.1 Å². The van der Waals surface area contributed by atoms with Crippen LogP contribution in [0.3, 0.4) is 0 Å². The average Bonchev–Trinajstić information content (AvgIpc) is 3.41. The number of nitrogens with zero attached hydrogens (tertiary/aromatic N) is 4. The number of furan rings is 1. The first-order valence-corrected chi connectivity index (χ1v) is 9.39. The second-order valence-corrected chi connectivity index (χ2v) is 6.32.